The normalized spacial score (nSPS) is 11.9. The third kappa shape index (κ3) is 4.42. The van der Waals surface area contributed by atoms with Crippen LogP contribution in [0.4, 0.5) is 0 Å². The maximum atomic E-state index is 11.8. The van der Waals surface area contributed by atoms with Crippen molar-refractivity contribution < 1.29 is 19.1 Å². The molecule has 0 saturated heterocycles. The van der Waals surface area contributed by atoms with Gasteiger partial charge in [0.15, 0.2) is 11.9 Å². The Hall–Kier alpha value is -2.73. The van der Waals surface area contributed by atoms with Crippen LogP contribution in [-0.2, 0) is 9.59 Å². The second-order valence-corrected chi connectivity index (χ2v) is 6.62. The average Bonchev–Trinajstić information content (AvgIpc) is 2.98. The van der Waals surface area contributed by atoms with Gasteiger partial charge in [-0.25, -0.2) is 4.98 Å². The molecule has 1 unspecified atom stereocenters. The zero-order valence-electron chi connectivity index (χ0n) is 13.9. The summed E-state index contributed by atoms with van der Waals surface area (Å²) < 4.78 is 12.4. The zero-order chi connectivity index (χ0) is 17.8. The SMILES string of the molecule is CC(=O)CC(=O)C(C)Oc1ccc(Oc2nc3ccccc3s2)cc1. The maximum Gasteiger partial charge on any atom is 0.279 e. The van der Waals surface area contributed by atoms with E-state index in [9.17, 15) is 9.59 Å². The quantitative estimate of drug-likeness (QED) is 0.588. The third-order valence-corrected chi connectivity index (χ3v) is 4.41. The van der Waals surface area contributed by atoms with Gasteiger partial charge in [0.25, 0.3) is 5.19 Å². The summed E-state index contributed by atoms with van der Waals surface area (Å²) in [4.78, 5) is 27.2. The van der Waals surface area contributed by atoms with Crippen molar-refractivity contribution in [3.8, 4) is 16.7 Å². The molecule has 0 aliphatic rings. The molecule has 2 aromatic carbocycles. The van der Waals surface area contributed by atoms with Gasteiger partial charge in [-0.1, -0.05) is 23.5 Å². The fourth-order valence-electron chi connectivity index (χ4n) is 2.24. The molecule has 1 atom stereocenters. The number of fused-ring (bicyclic) bond motifs is 1. The number of rotatable bonds is 7. The molecule has 5 nitrogen and oxygen atoms in total. The number of para-hydroxylation sites is 1. The molecule has 25 heavy (non-hydrogen) atoms. The Balaban J connectivity index is 1.63. The van der Waals surface area contributed by atoms with Gasteiger partial charge in [-0.2, -0.15) is 0 Å². The highest BCUT2D eigenvalue weighted by Gasteiger charge is 2.16. The first-order valence-corrected chi connectivity index (χ1v) is 8.65. The van der Waals surface area contributed by atoms with Gasteiger partial charge in [-0.05, 0) is 50.2 Å². The number of ketones is 2. The van der Waals surface area contributed by atoms with Gasteiger partial charge in [-0.3, -0.25) is 9.59 Å². The number of nitrogens with zero attached hydrogens (tertiary/aromatic N) is 1. The number of Topliss-reactive ketones (excluding diaryl/α,β-unsaturated/α-hetero) is 2. The molecule has 128 valence electrons. The van der Waals surface area contributed by atoms with Crippen LogP contribution in [0.5, 0.6) is 16.7 Å². The Bertz CT molecular complexity index is 868. The second-order valence-electron chi connectivity index (χ2n) is 5.63. The lowest BCUT2D eigenvalue weighted by Gasteiger charge is -2.13. The van der Waals surface area contributed by atoms with Crippen LogP contribution in [0, 0.1) is 0 Å². The molecule has 3 rings (SSSR count). The fourth-order valence-corrected chi connectivity index (χ4v) is 3.08. The van der Waals surface area contributed by atoms with Crippen molar-refractivity contribution in [1.29, 1.82) is 0 Å². The lowest BCUT2D eigenvalue weighted by atomic mass is 10.1. The molecule has 0 N–H and O–H groups in total. The molecule has 0 radical (unpaired) electrons. The van der Waals surface area contributed by atoms with E-state index in [4.69, 9.17) is 9.47 Å². The molecule has 0 aliphatic carbocycles. The molecule has 0 spiro atoms. The molecule has 0 fully saturated rings. The number of carbonyl (C=O) groups excluding carboxylic acids is 2. The third-order valence-electron chi connectivity index (χ3n) is 3.49. The zero-order valence-corrected chi connectivity index (χ0v) is 14.7. The van der Waals surface area contributed by atoms with Crippen molar-refractivity contribution >= 4 is 33.1 Å². The van der Waals surface area contributed by atoms with Crippen LogP contribution in [0.1, 0.15) is 20.3 Å². The van der Waals surface area contributed by atoms with E-state index in [1.54, 1.807) is 31.2 Å². The first-order chi connectivity index (χ1) is 12.0. The largest absolute Gasteiger partial charge is 0.483 e. The van der Waals surface area contributed by atoms with Crippen molar-refractivity contribution in [3.05, 3.63) is 48.5 Å². The second kappa shape index (κ2) is 7.44. The molecule has 0 amide bonds. The Morgan fingerprint density at radius 1 is 1.08 bits per heavy atom. The van der Waals surface area contributed by atoms with Gasteiger partial charge >= 0.3 is 0 Å². The summed E-state index contributed by atoms with van der Waals surface area (Å²) in [6.45, 7) is 3.02. The van der Waals surface area contributed by atoms with Crippen LogP contribution < -0.4 is 9.47 Å². The van der Waals surface area contributed by atoms with Gasteiger partial charge in [0.1, 0.15) is 17.3 Å². The fraction of sp³-hybridized carbons (Fsp3) is 0.211. The predicted octanol–water partition coefficient (Wildman–Crippen LogP) is 4.40. The van der Waals surface area contributed by atoms with Crippen molar-refractivity contribution in [3.63, 3.8) is 0 Å². The van der Waals surface area contributed by atoms with E-state index in [0.717, 1.165) is 10.2 Å². The van der Waals surface area contributed by atoms with E-state index in [-0.39, 0.29) is 18.0 Å². The summed E-state index contributed by atoms with van der Waals surface area (Å²) in [6.07, 6.45) is -0.778. The minimum Gasteiger partial charge on any atom is -0.483 e. The number of benzene rings is 2. The summed E-state index contributed by atoms with van der Waals surface area (Å²) in [7, 11) is 0. The number of hydrogen-bond donors (Lipinski definition) is 0. The molecule has 1 aromatic heterocycles. The van der Waals surface area contributed by atoms with E-state index >= 15 is 0 Å². The topological polar surface area (TPSA) is 65.5 Å². The first kappa shape index (κ1) is 17.1. The predicted molar refractivity (Wildman–Crippen MR) is 96.5 cm³/mol. The molecule has 0 bridgehead atoms. The van der Waals surface area contributed by atoms with Gasteiger partial charge in [0, 0.05) is 0 Å². The van der Waals surface area contributed by atoms with E-state index in [1.807, 2.05) is 24.3 Å². The van der Waals surface area contributed by atoms with Crippen LogP contribution in [0.2, 0.25) is 0 Å². The highest BCUT2D eigenvalue weighted by Crippen LogP contribution is 2.31. The summed E-state index contributed by atoms with van der Waals surface area (Å²) in [5.41, 5.74) is 0.903. The monoisotopic (exact) mass is 355 g/mol. The number of carbonyl (C=O) groups is 2. The van der Waals surface area contributed by atoms with E-state index < -0.39 is 6.10 Å². The first-order valence-electron chi connectivity index (χ1n) is 7.83. The van der Waals surface area contributed by atoms with Crippen LogP contribution in [0.15, 0.2) is 48.5 Å². The van der Waals surface area contributed by atoms with E-state index in [0.29, 0.717) is 16.7 Å². The molecule has 3 aromatic rings. The molecule has 0 aliphatic heterocycles. The van der Waals surface area contributed by atoms with Crippen molar-refractivity contribution in [2.45, 2.75) is 26.4 Å². The molecular weight excluding hydrogens is 338 g/mol. The van der Waals surface area contributed by atoms with Gasteiger partial charge in [0.05, 0.1) is 16.6 Å². The van der Waals surface area contributed by atoms with Gasteiger partial charge in [0.2, 0.25) is 0 Å². The maximum absolute atomic E-state index is 11.8. The summed E-state index contributed by atoms with van der Waals surface area (Å²) in [5.74, 6) is 0.775. The lowest BCUT2D eigenvalue weighted by molar-refractivity contribution is -0.130. The number of aromatic nitrogens is 1. The Morgan fingerprint density at radius 3 is 2.44 bits per heavy atom. The van der Waals surface area contributed by atoms with Crippen molar-refractivity contribution in [2.24, 2.45) is 0 Å². The van der Waals surface area contributed by atoms with Crippen LogP contribution in [0.25, 0.3) is 10.2 Å². The minimum atomic E-state index is -0.667. The Kier molecular flexibility index (Phi) is 5.09. The van der Waals surface area contributed by atoms with Crippen LogP contribution in [-0.4, -0.2) is 22.7 Å². The molecule has 0 saturated carbocycles. The highest BCUT2D eigenvalue weighted by molar-refractivity contribution is 7.20. The average molecular weight is 355 g/mol. The standard InChI is InChI=1S/C19H17NO4S/c1-12(21)11-17(22)13(2)23-14-7-9-15(10-8-14)24-19-20-16-5-3-4-6-18(16)25-19/h3-10,13H,11H2,1-2H3. The Labute approximate surface area is 149 Å². The molecule has 1 heterocycles. The lowest BCUT2D eigenvalue weighted by Crippen LogP contribution is -2.25. The van der Waals surface area contributed by atoms with Crippen molar-refractivity contribution in [1.82, 2.24) is 4.98 Å². The summed E-state index contributed by atoms with van der Waals surface area (Å²) in [6, 6.07) is 14.8. The van der Waals surface area contributed by atoms with Gasteiger partial charge in [-0.15, -0.1) is 0 Å². The minimum absolute atomic E-state index is 0.111. The Morgan fingerprint density at radius 2 is 1.76 bits per heavy atom. The van der Waals surface area contributed by atoms with Gasteiger partial charge < -0.3 is 9.47 Å². The highest BCUT2D eigenvalue weighted by atomic mass is 32.1. The molecular formula is C19H17NO4S. The van der Waals surface area contributed by atoms with Crippen molar-refractivity contribution in [2.75, 3.05) is 0 Å². The van der Waals surface area contributed by atoms with Crippen LogP contribution in [0.3, 0.4) is 0 Å². The number of ether oxygens (including phenoxy) is 2. The summed E-state index contributed by atoms with van der Waals surface area (Å²) in [5, 5.41) is 0.569. The number of thiazole rings is 1. The van der Waals surface area contributed by atoms with Crippen LogP contribution >= 0.6 is 11.3 Å². The van der Waals surface area contributed by atoms with E-state index in [2.05, 4.69) is 4.98 Å². The number of hydrogen-bond acceptors (Lipinski definition) is 6. The summed E-state index contributed by atoms with van der Waals surface area (Å²) >= 11 is 1.48. The molecule has 6 heteroatoms. The van der Waals surface area contributed by atoms with E-state index in [1.165, 1.54) is 18.3 Å². The smallest absolute Gasteiger partial charge is 0.279 e.